The van der Waals surface area contributed by atoms with Crippen molar-refractivity contribution in [3.8, 4) is 0 Å². The van der Waals surface area contributed by atoms with E-state index >= 15 is 0 Å². The Hall–Kier alpha value is -2.34. The highest BCUT2D eigenvalue weighted by atomic mass is 16.5. The Balaban J connectivity index is 1.81. The molecule has 1 aliphatic rings. The van der Waals surface area contributed by atoms with Crippen LogP contribution in [0.2, 0.25) is 0 Å². The highest BCUT2D eigenvalue weighted by molar-refractivity contribution is 5.94. The van der Waals surface area contributed by atoms with Gasteiger partial charge in [-0.05, 0) is 18.9 Å². The number of hydrogen-bond acceptors (Lipinski definition) is 5. The summed E-state index contributed by atoms with van der Waals surface area (Å²) in [5.41, 5.74) is 1.59. The van der Waals surface area contributed by atoms with E-state index in [1.165, 1.54) is 0 Å². The van der Waals surface area contributed by atoms with Crippen LogP contribution in [0.1, 0.15) is 29.3 Å². The number of nitrogens with zero attached hydrogens (tertiary/aromatic N) is 2. The smallest absolute Gasteiger partial charge is 0.343 e. The highest BCUT2D eigenvalue weighted by Crippen LogP contribution is 2.19. The van der Waals surface area contributed by atoms with Gasteiger partial charge in [-0.15, -0.1) is 0 Å². The third-order valence-electron chi connectivity index (χ3n) is 3.71. The van der Waals surface area contributed by atoms with Crippen LogP contribution >= 0.6 is 0 Å². The number of ether oxygens (including phenoxy) is 2. The average Bonchev–Trinajstić information content (AvgIpc) is 3.19. The highest BCUT2D eigenvalue weighted by Gasteiger charge is 2.22. The molecule has 1 saturated heterocycles. The van der Waals surface area contributed by atoms with Gasteiger partial charge < -0.3 is 14.8 Å². The first kappa shape index (κ1) is 15.6. The Morgan fingerprint density at radius 2 is 2.26 bits per heavy atom. The van der Waals surface area contributed by atoms with Crippen LogP contribution in [0.3, 0.4) is 0 Å². The van der Waals surface area contributed by atoms with E-state index in [-0.39, 0.29) is 12.0 Å². The van der Waals surface area contributed by atoms with E-state index in [1.807, 2.05) is 30.3 Å². The minimum absolute atomic E-state index is 0.184. The number of hydrogen-bond donors (Lipinski definition) is 1. The summed E-state index contributed by atoms with van der Waals surface area (Å²) in [6.07, 6.45) is 2.65. The minimum atomic E-state index is -0.353. The molecule has 6 nitrogen and oxygen atoms in total. The number of benzene rings is 1. The summed E-state index contributed by atoms with van der Waals surface area (Å²) >= 11 is 0. The summed E-state index contributed by atoms with van der Waals surface area (Å²) < 4.78 is 12.3. The lowest BCUT2D eigenvalue weighted by molar-refractivity contribution is 0.0527. The number of carbonyl (C=O) groups excluding carboxylic acids is 1. The normalized spacial score (nSPS) is 17.2. The molecule has 2 aromatic rings. The SMILES string of the molecule is CCOC(=O)c1cn(Cc2ccccc2)nc1NC1CCOC1. The topological polar surface area (TPSA) is 65.4 Å². The average molecular weight is 315 g/mol. The molecule has 1 aromatic carbocycles. The third kappa shape index (κ3) is 3.90. The van der Waals surface area contributed by atoms with Gasteiger partial charge in [0.25, 0.3) is 0 Å². The summed E-state index contributed by atoms with van der Waals surface area (Å²) in [5.74, 6) is 0.211. The van der Waals surface area contributed by atoms with Gasteiger partial charge in [0, 0.05) is 12.8 Å². The zero-order chi connectivity index (χ0) is 16.1. The van der Waals surface area contributed by atoms with Crippen LogP contribution in [0.25, 0.3) is 0 Å². The van der Waals surface area contributed by atoms with E-state index < -0.39 is 0 Å². The molecular weight excluding hydrogens is 294 g/mol. The molecule has 1 fully saturated rings. The molecule has 0 radical (unpaired) electrons. The Morgan fingerprint density at radius 3 is 2.96 bits per heavy atom. The maximum absolute atomic E-state index is 12.2. The van der Waals surface area contributed by atoms with E-state index in [2.05, 4.69) is 10.4 Å². The van der Waals surface area contributed by atoms with Gasteiger partial charge in [-0.2, -0.15) is 5.10 Å². The molecule has 2 heterocycles. The second kappa shape index (κ2) is 7.28. The predicted molar refractivity (Wildman–Crippen MR) is 86.6 cm³/mol. The molecule has 1 aliphatic heterocycles. The summed E-state index contributed by atoms with van der Waals surface area (Å²) in [4.78, 5) is 12.2. The van der Waals surface area contributed by atoms with Crippen LogP contribution in [0.5, 0.6) is 0 Å². The van der Waals surface area contributed by atoms with Crippen LogP contribution in [-0.4, -0.2) is 41.6 Å². The maximum Gasteiger partial charge on any atom is 0.343 e. The van der Waals surface area contributed by atoms with Gasteiger partial charge in [0.05, 0.1) is 25.8 Å². The molecule has 6 heteroatoms. The molecular formula is C17H21N3O3. The summed E-state index contributed by atoms with van der Waals surface area (Å²) in [5, 5.41) is 7.82. The predicted octanol–water partition coefficient (Wildman–Crippen LogP) is 2.31. The van der Waals surface area contributed by atoms with Crippen LogP contribution in [0.15, 0.2) is 36.5 Å². The van der Waals surface area contributed by atoms with Crippen molar-refractivity contribution in [2.45, 2.75) is 25.9 Å². The van der Waals surface area contributed by atoms with Crippen molar-refractivity contribution in [3.63, 3.8) is 0 Å². The Labute approximate surface area is 135 Å². The Kier molecular flexibility index (Phi) is 4.92. The Morgan fingerprint density at radius 1 is 1.43 bits per heavy atom. The van der Waals surface area contributed by atoms with Crippen LogP contribution < -0.4 is 5.32 Å². The zero-order valence-corrected chi connectivity index (χ0v) is 13.2. The summed E-state index contributed by atoms with van der Waals surface area (Å²) in [6.45, 7) is 4.11. The molecule has 0 bridgehead atoms. The fourth-order valence-corrected chi connectivity index (χ4v) is 2.58. The lowest BCUT2D eigenvalue weighted by Gasteiger charge is -2.10. The van der Waals surface area contributed by atoms with Crippen LogP contribution in [-0.2, 0) is 16.0 Å². The third-order valence-corrected chi connectivity index (χ3v) is 3.71. The fraction of sp³-hybridized carbons (Fsp3) is 0.412. The van der Waals surface area contributed by atoms with Gasteiger partial charge in [0.2, 0.25) is 0 Å². The van der Waals surface area contributed by atoms with Gasteiger partial charge in [-0.25, -0.2) is 4.79 Å². The lowest BCUT2D eigenvalue weighted by Crippen LogP contribution is -2.21. The molecule has 23 heavy (non-hydrogen) atoms. The largest absolute Gasteiger partial charge is 0.462 e. The first-order chi connectivity index (χ1) is 11.3. The molecule has 0 amide bonds. The second-order valence-electron chi connectivity index (χ2n) is 5.50. The second-order valence-corrected chi connectivity index (χ2v) is 5.50. The zero-order valence-electron chi connectivity index (χ0n) is 13.2. The number of aromatic nitrogens is 2. The van der Waals surface area contributed by atoms with Crippen molar-refractivity contribution in [2.75, 3.05) is 25.1 Å². The van der Waals surface area contributed by atoms with Crippen LogP contribution in [0.4, 0.5) is 5.82 Å². The summed E-state index contributed by atoms with van der Waals surface area (Å²) in [6, 6.07) is 10.2. The van der Waals surface area contributed by atoms with E-state index in [0.29, 0.717) is 31.1 Å². The van der Waals surface area contributed by atoms with E-state index in [1.54, 1.807) is 17.8 Å². The Bertz CT molecular complexity index is 648. The first-order valence-corrected chi connectivity index (χ1v) is 7.89. The van der Waals surface area contributed by atoms with Crippen molar-refractivity contribution >= 4 is 11.8 Å². The number of rotatable bonds is 6. The van der Waals surface area contributed by atoms with Crippen molar-refractivity contribution in [1.82, 2.24) is 9.78 Å². The van der Waals surface area contributed by atoms with Gasteiger partial charge in [0.1, 0.15) is 5.56 Å². The van der Waals surface area contributed by atoms with Gasteiger partial charge in [0.15, 0.2) is 5.82 Å². The molecule has 122 valence electrons. The van der Waals surface area contributed by atoms with Crippen molar-refractivity contribution in [2.24, 2.45) is 0 Å². The lowest BCUT2D eigenvalue weighted by atomic mass is 10.2. The van der Waals surface area contributed by atoms with Gasteiger partial charge >= 0.3 is 5.97 Å². The quantitative estimate of drug-likeness (QED) is 0.829. The molecule has 1 N–H and O–H groups in total. The molecule has 1 atom stereocenters. The maximum atomic E-state index is 12.2. The number of nitrogens with one attached hydrogen (secondary N) is 1. The molecule has 3 rings (SSSR count). The number of esters is 1. The van der Waals surface area contributed by atoms with E-state index in [4.69, 9.17) is 9.47 Å². The molecule has 0 spiro atoms. The fourth-order valence-electron chi connectivity index (χ4n) is 2.58. The van der Waals surface area contributed by atoms with Crippen molar-refractivity contribution in [1.29, 1.82) is 0 Å². The van der Waals surface area contributed by atoms with Crippen LogP contribution in [0, 0.1) is 0 Å². The number of carbonyl (C=O) groups is 1. The van der Waals surface area contributed by atoms with Gasteiger partial charge in [-0.1, -0.05) is 30.3 Å². The van der Waals surface area contributed by atoms with E-state index in [0.717, 1.165) is 18.6 Å². The molecule has 1 aromatic heterocycles. The van der Waals surface area contributed by atoms with Crippen molar-refractivity contribution in [3.05, 3.63) is 47.7 Å². The van der Waals surface area contributed by atoms with E-state index in [9.17, 15) is 4.79 Å². The molecule has 1 unspecified atom stereocenters. The molecule has 0 aliphatic carbocycles. The first-order valence-electron chi connectivity index (χ1n) is 7.89. The number of anilines is 1. The molecule has 0 saturated carbocycles. The monoisotopic (exact) mass is 315 g/mol. The standard InChI is InChI=1S/C17H21N3O3/c1-2-23-17(21)15-11-20(10-13-6-4-3-5-7-13)19-16(15)18-14-8-9-22-12-14/h3-7,11,14H,2,8-10,12H2,1H3,(H,18,19). The summed E-state index contributed by atoms with van der Waals surface area (Å²) in [7, 11) is 0. The van der Waals surface area contributed by atoms with Crippen molar-refractivity contribution < 1.29 is 14.3 Å². The van der Waals surface area contributed by atoms with Gasteiger partial charge in [-0.3, -0.25) is 4.68 Å². The minimum Gasteiger partial charge on any atom is -0.462 e.